The fourth-order valence-corrected chi connectivity index (χ4v) is 1.30. The molecule has 0 saturated carbocycles. The van der Waals surface area contributed by atoms with E-state index >= 15 is 0 Å². The van der Waals surface area contributed by atoms with Crippen LogP contribution in [0.1, 0.15) is 36.7 Å². The second-order valence-corrected chi connectivity index (χ2v) is 4.86. The second-order valence-electron chi connectivity index (χ2n) is 4.86. The lowest BCUT2D eigenvalue weighted by molar-refractivity contribution is 0.0523. The molecule has 0 aromatic heterocycles. The van der Waals surface area contributed by atoms with Gasteiger partial charge in [0, 0.05) is 17.7 Å². The molecule has 1 aromatic carbocycles. The van der Waals surface area contributed by atoms with Crippen LogP contribution in [-0.4, -0.2) is 23.1 Å². The molecule has 1 amide bonds. The standard InChI is InChI=1S/C13H17NO4/c1-13(2,3)18-12(17)14-7-10-6-9(8-15)4-5-11(10)16/h4-6,8,16H,7H2,1-3H3,(H,14,17). The third kappa shape index (κ3) is 4.45. The molecular weight excluding hydrogens is 234 g/mol. The number of carbonyl (C=O) groups is 2. The molecule has 5 nitrogen and oxygen atoms in total. The van der Waals surface area contributed by atoms with Crippen molar-refractivity contribution in [3.05, 3.63) is 29.3 Å². The maximum atomic E-state index is 11.4. The quantitative estimate of drug-likeness (QED) is 0.808. The molecule has 0 fully saturated rings. The van der Waals surface area contributed by atoms with Gasteiger partial charge in [-0.3, -0.25) is 4.79 Å². The van der Waals surface area contributed by atoms with Crippen LogP contribution in [-0.2, 0) is 11.3 Å². The Balaban J connectivity index is 2.63. The van der Waals surface area contributed by atoms with Gasteiger partial charge in [0.25, 0.3) is 0 Å². The van der Waals surface area contributed by atoms with E-state index in [1.165, 1.54) is 18.2 Å². The topological polar surface area (TPSA) is 75.6 Å². The zero-order valence-electron chi connectivity index (χ0n) is 10.7. The normalized spacial score (nSPS) is 10.8. The number of aldehydes is 1. The van der Waals surface area contributed by atoms with E-state index in [0.717, 1.165) is 0 Å². The highest BCUT2D eigenvalue weighted by Crippen LogP contribution is 2.17. The number of hydrogen-bond acceptors (Lipinski definition) is 4. The van der Waals surface area contributed by atoms with Crippen molar-refractivity contribution < 1.29 is 19.4 Å². The molecule has 1 rings (SSSR count). The number of alkyl carbamates (subject to hydrolysis) is 1. The first kappa shape index (κ1) is 14.0. The number of phenolic OH excluding ortho intramolecular Hbond substituents is 1. The minimum Gasteiger partial charge on any atom is -0.508 e. The highest BCUT2D eigenvalue weighted by atomic mass is 16.6. The molecule has 2 N–H and O–H groups in total. The highest BCUT2D eigenvalue weighted by Gasteiger charge is 2.16. The Labute approximate surface area is 106 Å². The number of amides is 1. The number of benzene rings is 1. The zero-order valence-corrected chi connectivity index (χ0v) is 10.7. The summed E-state index contributed by atoms with van der Waals surface area (Å²) in [4.78, 5) is 22.0. The number of phenols is 1. The minimum absolute atomic E-state index is 0.0247. The third-order valence-electron chi connectivity index (χ3n) is 2.06. The van der Waals surface area contributed by atoms with E-state index in [9.17, 15) is 14.7 Å². The summed E-state index contributed by atoms with van der Waals surface area (Å²) in [5, 5.41) is 12.1. The Bertz CT molecular complexity index is 449. The Morgan fingerprint density at radius 3 is 2.67 bits per heavy atom. The molecule has 0 aliphatic carbocycles. The maximum absolute atomic E-state index is 11.4. The van der Waals surface area contributed by atoms with Crippen LogP contribution < -0.4 is 5.32 Å². The van der Waals surface area contributed by atoms with E-state index in [-0.39, 0.29) is 12.3 Å². The van der Waals surface area contributed by atoms with Gasteiger partial charge in [0.05, 0.1) is 0 Å². The molecule has 0 aliphatic rings. The van der Waals surface area contributed by atoms with Crippen molar-refractivity contribution in [3.63, 3.8) is 0 Å². The van der Waals surface area contributed by atoms with Gasteiger partial charge in [-0.25, -0.2) is 4.79 Å². The van der Waals surface area contributed by atoms with Crippen LogP contribution in [0.15, 0.2) is 18.2 Å². The molecule has 18 heavy (non-hydrogen) atoms. The lowest BCUT2D eigenvalue weighted by Gasteiger charge is -2.19. The number of nitrogens with one attached hydrogen (secondary N) is 1. The predicted octanol–water partition coefficient (Wildman–Crippen LogP) is 2.23. The van der Waals surface area contributed by atoms with Crippen LogP contribution >= 0.6 is 0 Å². The number of carbonyl (C=O) groups excluding carboxylic acids is 2. The Hall–Kier alpha value is -2.04. The highest BCUT2D eigenvalue weighted by molar-refractivity contribution is 5.75. The Morgan fingerprint density at radius 2 is 2.11 bits per heavy atom. The van der Waals surface area contributed by atoms with Gasteiger partial charge in [-0.1, -0.05) is 0 Å². The average Bonchev–Trinajstić information content (AvgIpc) is 2.25. The van der Waals surface area contributed by atoms with E-state index < -0.39 is 11.7 Å². The van der Waals surface area contributed by atoms with E-state index in [1.807, 2.05) is 0 Å². The molecule has 0 heterocycles. The van der Waals surface area contributed by atoms with Gasteiger partial charge in [0.15, 0.2) is 0 Å². The summed E-state index contributed by atoms with van der Waals surface area (Å²) in [6.07, 6.45) is 0.106. The van der Waals surface area contributed by atoms with Gasteiger partial charge in [0.1, 0.15) is 17.6 Å². The van der Waals surface area contributed by atoms with Gasteiger partial charge >= 0.3 is 6.09 Å². The summed E-state index contributed by atoms with van der Waals surface area (Å²) in [7, 11) is 0. The van der Waals surface area contributed by atoms with Gasteiger partial charge < -0.3 is 15.2 Å². The molecule has 98 valence electrons. The summed E-state index contributed by atoms with van der Waals surface area (Å²) in [6, 6.07) is 4.43. The number of hydrogen-bond donors (Lipinski definition) is 2. The summed E-state index contributed by atoms with van der Waals surface area (Å²) in [6.45, 7) is 5.38. The number of ether oxygens (including phenoxy) is 1. The maximum Gasteiger partial charge on any atom is 0.407 e. The van der Waals surface area contributed by atoms with Crippen molar-refractivity contribution >= 4 is 12.4 Å². The van der Waals surface area contributed by atoms with Gasteiger partial charge in [0.2, 0.25) is 0 Å². The monoisotopic (exact) mass is 251 g/mol. The molecule has 0 spiro atoms. The van der Waals surface area contributed by atoms with Crippen molar-refractivity contribution in [1.29, 1.82) is 0 Å². The lowest BCUT2D eigenvalue weighted by atomic mass is 10.1. The van der Waals surface area contributed by atoms with Crippen LogP contribution in [0.5, 0.6) is 5.75 Å². The van der Waals surface area contributed by atoms with Crippen molar-refractivity contribution in [2.24, 2.45) is 0 Å². The van der Waals surface area contributed by atoms with E-state index in [4.69, 9.17) is 4.74 Å². The molecule has 0 saturated heterocycles. The average molecular weight is 251 g/mol. The molecule has 1 aromatic rings. The van der Waals surface area contributed by atoms with Gasteiger partial charge in [-0.15, -0.1) is 0 Å². The Kier molecular flexibility index (Phi) is 4.31. The van der Waals surface area contributed by atoms with Gasteiger partial charge in [-0.2, -0.15) is 0 Å². The van der Waals surface area contributed by atoms with E-state index in [2.05, 4.69) is 5.32 Å². The summed E-state index contributed by atoms with van der Waals surface area (Å²) in [5.41, 5.74) is 0.329. The molecule has 0 atom stereocenters. The third-order valence-corrected chi connectivity index (χ3v) is 2.06. The molecule has 5 heteroatoms. The molecule has 0 radical (unpaired) electrons. The predicted molar refractivity (Wildman–Crippen MR) is 66.6 cm³/mol. The summed E-state index contributed by atoms with van der Waals surface area (Å²) in [5.74, 6) is 0.0247. The summed E-state index contributed by atoms with van der Waals surface area (Å²) < 4.78 is 5.05. The van der Waals surface area contributed by atoms with E-state index in [0.29, 0.717) is 17.4 Å². The van der Waals surface area contributed by atoms with Crippen LogP contribution in [0.2, 0.25) is 0 Å². The van der Waals surface area contributed by atoms with Crippen molar-refractivity contribution in [2.45, 2.75) is 32.9 Å². The van der Waals surface area contributed by atoms with E-state index in [1.54, 1.807) is 20.8 Å². The SMILES string of the molecule is CC(C)(C)OC(=O)NCc1cc(C=O)ccc1O. The summed E-state index contributed by atoms with van der Waals surface area (Å²) >= 11 is 0. The van der Waals surface area contributed by atoms with Crippen LogP contribution in [0.4, 0.5) is 4.79 Å². The van der Waals surface area contributed by atoms with Crippen LogP contribution in [0.3, 0.4) is 0 Å². The first-order valence-corrected chi connectivity index (χ1v) is 5.56. The smallest absolute Gasteiger partial charge is 0.407 e. The molecule has 0 unspecified atom stereocenters. The Morgan fingerprint density at radius 1 is 1.44 bits per heavy atom. The molecule has 0 bridgehead atoms. The lowest BCUT2D eigenvalue weighted by Crippen LogP contribution is -2.32. The first-order valence-electron chi connectivity index (χ1n) is 5.56. The number of rotatable bonds is 3. The minimum atomic E-state index is -0.573. The van der Waals surface area contributed by atoms with Crippen LogP contribution in [0.25, 0.3) is 0 Å². The fraction of sp³-hybridized carbons (Fsp3) is 0.385. The van der Waals surface area contributed by atoms with Crippen molar-refractivity contribution in [2.75, 3.05) is 0 Å². The number of aromatic hydroxyl groups is 1. The van der Waals surface area contributed by atoms with Crippen LogP contribution in [0, 0.1) is 0 Å². The molecule has 0 aliphatic heterocycles. The largest absolute Gasteiger partial charge is 0.508 e. The fourth-order valence-electron chi connectivity index (χ4n) is 1.30. The molecular formula is C13H17NO4. The zero-order chi connectivity index (χ0) is 13.8. The van der Waals surface area contributed by atoms with Crippen molar-refractivity contribution in [3.8, 4) is 5.75 Å². The first-order chi connectivity index (χ1) is 8.31. The van der Waals surface area contributed by atoms with Gasteiger partial charge in [-0.05, 0) is 39.0 Å². The second kappa shape index (κ2) is 5.53. The van der Waals surface area contributed by atoms with Crippen molar-refractivity contribution in [1.82, 2.24) is 5.32 Å².